The van der Waals surface area contributed by atoms with Gasteiger partial charge in [-0.1, -0.05) is 26.0 Å². The van der Waals surface area contributed by atoms with Crippen molar-refractivity contribution in [2.75, 3.05) is 6.54 Å². The first-order chi connectivity index (χ1) is 10.5. The smallest absolute Gasteiger partial charge is 0.252 e. The molecule has 5 nitrogen and oxygen atoms in total. The first kappa shape index (κ1) is 14.2. The van der Waals surface area contributed by atoms with E-state index in [1.54, 1.807) is 6.07 Å². The Hall–Kier alpha value is -2.74. The van der Waals surface area contributed by atoms with E-state index in [4.69, 9.17) is 5.26 Å². The number of amides is 1. The SMILES string of the molecule is CC1(C)Cc2c(C(=O)NCC#N)cccc2-c2ncncc21. The molecule has 0 atom stereocenters. The normalized spacial score (nSPS) is 14.4. The molecular weight excluding hydrogens is 276 g/mol. The fraction of sp³-hybridized carbons (Fsp3) is 0.294. The van der Waals surface area contributed by atoms with Crippen LogP contribution in [0, 0.1) is 11.3 Å². The Labute approximate surface area is 129 Å². The molecule has 110 valence electrons. The highest BCUT2D eigenvalue weighted by molar-refractivity contribution is 5.98. The number of hydrogen-bond donors (Lipinski definition) is 1. The Morgan fingerprint density at radius 3 is 3.05 bits per heavy atom. The predicted molar refractivity (Wildman–Crippen MR) is 82.1 cm³/mol. The van der Waals surface area contributed by atoms with Crippen molar-refractivity contribution >= 4 is 5.91 Å². The lowest BCUT2D eigenvalue weighted by Gasteiger charge is -2.33. The van der Waals surface area contributed by atoms with Gasteiger partial charge in [0.15, 0.2) is 0 Å². The third-order valence-electron chi connectivity index (χ3n) is 4.06. The molecule has 0 fully saturated rings. The minimum atomic E-state index is -0.216. The van der Waals surface area contributed by atoms with Crippen LogP contribution >= 0.6 is 0 Å². The maximum atomic E-state index is 12.3. The second-order valence-electron chi connectivity index (χ2n) is 6.02. The number of nitrogens with one attached hydrogen (secondary N) is 1. The third kappa shape index (κ3) is 2.23. The number of fused-ring (bicyclic) bond motifs is 3. The molecule has 1 amide bonds. The summed E-state index contributed by atoms with van der Waals surface area (Å²) in [7, 11) is 0. The largest absolute Gasteiger partial charge is 0.339 e. The van der Waals surface area contributed by atoms with Crippen LogP contribution in [0.5, 0.6) is 0 Å². The summed E-state index contributed by atoms with van der Waals surface area (Å²) in [6, 6.07) is 7.56. The zero-order chi connectivity index (χ0) is 15.7. The molecule has 0 unspecified atom stereocenters. The number of carbonyl (C=O) groups excluding carboxylic acids is 1. The van der Waals surface area contributed by atoms with Crippen LogP contribution in [0.15, 0.2) is 30.7 Å². The summed E-state index contributed by atoms with van der Waals surface area (Å²) >= 11 is 0. The van der Waals surface area contributed by atoms with Crippen molar-refractivity contribution in [3.63, 3.8) is 0 Å². The van der Waals surface area contributed by atoms with Crippen molar-refractivity contribution < 1.29 is 4.79 Å². The Kier molecular flexibility index (Phi) is 3.38. The van der Waals surface area contributed by atoms with E-state index in [9.17, 15) is 4.79 Å². The van der Waals surface area contributed by atoms with Gasteiger partial charge in [-0.2, -0.15) is 5.26 Å². The molecule has 1 aliphatic rings. The van der Waals surface area contributed by atoms with E-state index in [1.807, 2.05) is 24.4 Å². The van der Waals surface area contributed by atoms with Crippen molar-refractivity contribution in [1.82, 2.24) is 15.3 Å². The average molecular weight is 292 g/mol. The van der Waals surface area contributed by atoms with Crippen molar-refractivity contribution in [3.05, 3.63) is 47.4 Å². The molecule has 0 aliphatic heterocycles. The number of hydrogen-bond acceptors (Lipinski definition) is 4. The van der Waals surface area contributed by atoms with Crippen LogP contribution in [0.25, 0.3) is 11.3 Å². The molecule has 0 radical (unpaired) electrons. The van der Waals surface area contributed by atoms with Crippen LogP contribution in [0.2, 0.25) is 0 Å². The molecule has 1 heterocycles. The maximum Gasteiger partial charge on any atom is 0.252 e. The topological polar surface area (TPSA) is 78.7 Å². The summed E-state index contributed by atoms with van der Waals surface area (Å²) in [6.45, 7) is 4.26. The third-order valence-corrected chi connectivity index (χ3v) is 4.06. The fourth-order valence-corrected chi connectivity index (χ4v) is 3.00. The lowest BCUT2D eigenvalue weighted by Crippen LogP contribution is -2.30. The molecule has 3 rings (SSSR count). The quantitative estimate of drug-likeness (QED) is 0.861. The first-order valence-electron chi connectivity index (χ1n) is 7.12. The van der Waals surface area contributed by atoms with Crippen LogP contribution < -0.4 is 5.32 Å². The molecule has 1 aromatic carbocycles. The molecular formula is C17H16N4O. The van der Waals surface area contributed by atoms with E-state index in [0.717, 1.165) is 28.8 Å². The molecule has 0 saturated heterocycles. The van der Waals surface area contributed by atoms with Gasteiger partial charge in [-0.05, 0) is 23.5 Å². The second kappa shape index (κ2) is 5.23. The molecule has 2 aromatic rings. The minimum Gasteiger partial charge on any atom is -0.339 e. The minimum absolute atomic E-state index is 0.00461. The highest BCUT2D eigenvalue weighted by Gasteiger charge is 2.34. The van der Waals surface area contributed by atoms with Gasteiger partial charge in [-0.3, -0.25) is 4.79 Å². The summed E-state index contributed by atoms with van der Waals surface area (Å²) < 4.78 is 0. The standard InChI is InChI=1S/C17H16N4O/c1-17(2)8-13-11(15-14(17)9-19-10-21-15)4-3-5-12(13)16(22)20-7-6-18/h3-5,9-10H,7-8H2,1-2H3,(H,20,22). The van der Waals surface area contributed by atoms with Gasteiger partial charge in [0, 0.05) is 22.9 Å². The maximum absolute atomic E-state index is 12.3. The second-order valence-corrected chi connectivity index (χ2v) is 6.02. The predicted octanol–water partition coefficient (Wildman–Crippen LogP) is 2.23. The van der Waals surface area contributed by atoms with Crippen LogP contribution in [0.1, 0.15) is 35.3 Å². The van der Waals surface area contributed by atoms with Gasteiger partial charge in [-0.25, -0.2) is 9.97 Å². The van der Waals surface area contributed by atoms with E-state index < -0.39 is 0 Å². The Morgan fingerprint density at radius 2 is 2.27 bits per heavy atom. The van der Waals surface area contributed by atoms with Gasteiger partial charge in [0.1, 0.15) is 12.9 Å². The molecule has 0 spiro atoms. The van der Waals surface area contributed by atoms with Gasteiger partial charge in [0.25, 0.3) is 5.91 Å². The first-order valence-corrected chi connectivity index (χ1v) is 7.12. The van der Waals surface area contributed by atoms with Crippen molar-refractivity contribution in [2.24, 2.45) is 0 Å². The lowest BCUT2D eigenvalue weighted by molar-refractivity contribution is 0.0957. The zero-order valence-corrected chi connectivity index (χ0v) is 12.6. The summed E-state index contributed by atoms with van der Waals surface area (Å²) in [6.07, 6.45) is 4.12. The number of nitrogens with zero attached hydrogens (tertiary/aromatic N) is 3. The van der Waals surface area contributed by atoms with Gasteiger partial charge in [0.2, 0.25) is 0 Å². The molecule has 0 bridgehead atoms. The fourth-order valence-electron chi connectivity index (χ4n) is 3.00. The summed E-state index contributed by atoms with van der Waals surface area (Å²) in [5, 5.41) is 11.2. The van der Waals surface area contributed by atoms with Crippen molar-refractivity contribution in [2.45, 2.75) is 25.7 Å². The molecule has 1 aromatic heterocycles. The van der Waals surface area contributed by atoms with Crippen LogP contribution in [-0.4, -0.2) is 22.4 Å². The monoisotopic (exact) mass is 292 g/mol. The van der Waals surface area contributed by atoms with Gasteiger partial charge < -0.3 is 5.32 Å². The Balaban J connectivity index is 2.16. The lowest BCUT2D eigenvalue weighted by atomic mass is 9.71. The molecule has 22 heavy (non-hydrogen) atoms. The summed E-state index contributed by atoms with van der Waals surface area (Å²) in [5.74, 6) is -0.216. The van der Waals surface area contributed by atoms with E-state index >= 15 is 0 Å². The van der Waals surface area contributed by atoms with Crippen LogP contribution in [0.4, 0.5) is 0 Å². The summed E-state index contributed by atoms with van der Waals surface area (Å²) in [5.41, 5.74) is 4.41. The average Bonchev–Trinajstić information content (AvgIpc) is 2.52. The number of aromatic nitrogens is 2. The number of rotatable bonds is 2. The Bertz CT molecular complexity index is 789. The number of nitriles is 1. The van der Waals surface area contributed by atoms with E-state index in [1.165, 1.54) is 6.33 Å². The van der Waals surface area contributed by atoms with Gasteiger partial charge >= 0.3 is 0 Å². The highest BCUT2D eigenvalue weighted by Crippen LogP contribution is 2.42. The van der Waals surface area contributed by atoms with Crippen LogP contribution in [-0.2, 0) is 11.8 Å². The van der Waals surface area contributed by atoms with E-state index in [0.29, 0.717) is 5.56 Å². The molecule has 5 heteroatoms. The summed E-state index contributed by atoms with van der Waals surface area (Å²) in [4.78, 5) is 20.9. The van der Waals surface area contributed by atoms with Crippen molar-refractivity contribution in [1.29, 1.82) is 5.26 Å². The Morgan fingerprint density at radius 1 is 1.45 bits per heavy atom. The van der Waals surface area contributed by atoms with Gasteiger partial charge in [0.05, 0.1) is 11.8 Å². The highest BCUT2D eigenvalue weighted by atomic mass is 16.1. The van der Waals surface area contributed by atoms with Crippen LogP contribution in [0.3, 0.4) is 0 Å². The molecule has 1 aliphatic carbocycles. The van der Waals surface area contributed by atoms with Gasteiger partial charge in [-0.15, -0.1) is 0 Å². The molecule has 0 saturated carbocycles. The number of carbonyl (C=O) groups is 1. The zero-order valence-electron chi connectivity index (χ0n) is 12.6. The number of benzene rings is 1. The van der Waals surface area contributed by atoms with E-state index in [2.05, 4.69) is 29.1 Å². The molecule has 1 N–H and O–H groups in total. The van der Waals surface area contributed by atoms with Crippen molar-refractivity contribution in [3.8, 4) is 17.3 Å². The van der Waals surface area contributed by atoms with E-state index in [-0.39, 0.29) is 17.9 Å².